The van der Waals surface area contributed by atoms with Gasteiger partial charge in [-0.3, -0.25) is 0 Å². The molecule has 1 aromatic heterocycles. The van der Waals surface area contributed by atoms with Gasteiger partial charge in [0.25, 0.3) is 0 Å². The molecule has 1 aliphatic carbocycles. The third kappa shape index (κ3) is 2.01. The molecule has 0 amide bonds. The molecule has 0 saturated heterocycles. The van der Waals surface area contributed by atoms with Crippen LogP contribution in [0.25, 0.3) is 0 Å². The molecule has 1 aliphatic rings. The second kappa shape index (κ2) is 4.03. The molecule has 1 heterocycles. The third-order valence-electron chi connectivity index (χ3n) is 3.13. The van der Waals surface area contributed by atoms with Crippen LogP contribution in [0.15, 0.2) is 12.1 Å². The van der Waals surface area contributed by atoms with Crippen LogP contribution in [0, 0.1) is 6.92 Å². The lowest BCUT2D eigenvalue weighted by atomic mass is 9.93. The Balaban J connectivity index is 2.20. The molecule has 0 atom stereocenters. The molecule has 1 aromatic rings. The Bertz CT molecular complexity index is 295. The molecular weight excluding hydrogens is 192 g/mol. The van der Waals surface area contributed by atoms with Gasteiger partial charge in [-0.05, 0) is 31.9 Å². The summed E-state index contributed by atoms with van der Waals surface area (Å²) in [6.07, 6.45) is 6.82. The maximum absolute atomic E-state index is 10.5. The van der Waals surface area contributed by atoms with Crippen LogP contribution in [0.5, 0.6) is 0 Å². The summed E-state index contributed by atoms with van der Waals surface area (Å²) in [4.78, 5) is 2.48. The molecule has 0 bridgehead atoms. The Morgan fingerprint density at radius 1 is 1.14 bits per heavy atom. The van der Waals surface area contributed by atoms with E-state index >= 15 is 0 Å². The highest BCUT2D eigenvalue weighted by Gasteiger charge is 2.30. The average Bonchev–Trinajstić information content (AvgIpc) is 2.47. The summed E-state index contributed by atoms with van der Waals surface area (Å²) in [6.45, 7) is 2.11. The lowest BCUT2D eigenvalue weighted by Crippen LogP contribution is -2.23. The molecule has 0 aliphatic heterocycles. The highest BCUT2D eigenvalue weighted by atomic mass is 32.1. The van der Waals surface area contributed by atoms with Crippen molar-refractivity contribution >= 4 is 11.3 Å². The van der Waals surface area contributed by atoms with E-state index in [1.807, 2.05) is 0 Å². The number of thiophene rings is 1. The van der Waals surface area contributed by atoms with Crippen molar-refractivity contribution in [3.8, 4) is 0 Å². The van der Waals surface area contributed by atoms with Crippen molar-refractivity contribution in [3.63, 3.8) is 0 Å². The van der Waals surface area contributed by atoms with Crippen LogP contribution >= 0.6 is 11.3 Å². The summed E-state index contributed by atoms with van der Waals surface area (Å²) in [7, 11) is 0. The van der Waals surface area contributed by atoms with Gasteiger partial charge in [-0.2, -0.15) is 0 Å². The Kier molecular flexibility index (Phi) is 2.93. The van der Waals surface area contributed by atoms with E-state index in [1.54, 1.807) is 11.3 Å². The third-order valence-corrected chi connectivity index (χ3v) is 4.32. The zero-order valence-electron chi connectivity index (χ0n) is 8.75. The Morgan fingerprint density at radius 3 is 2.29 bits per heavy atom. The van der Waals surface area contributed by atoms with Crippen LogP contribution in [0.1, 0.15) is 48.3 Å². The van der Waals surface area contributed by atoms with Gasteiger partial charge >= 0.3 is 0 Å². The van der Waals surface area contributed by atoms with E-state index in [0.717, 1.165) is 12.8 Å². The van der Waals surface area contributed by atoms with E-state index in [4.69, 9.17) is 0 Å². The standard InChI is InChI=1S/C12H18OS/c1-10-6-7-11(14-10)12(13)8-4-2-3-5-9-12/h6-7,13H,2-5,8-9H2,1H3. The summed E-state index contributed by atoms with van der Waals surface area (Å²) in [5, 5.41) is 10.5. The quantitative estimate of drug-likeness (QED) is 0.702. The number of aryl methyl sites for hydroxylation is 1. The minimum atomic E-state index is -0.505. The second-order valence-corrected chi connectivity index (χ2v) is 5.64. The summed E-state index contributed by atoms with van der Waals surface area (Å²) < 4.78 is 0. The highest BCUT2D eigenvalue weighted by Crippen LogP contribution is 2.38. The van der Waals surface area contributed by atoms with E-state index < -0.39 is 5.60 Å². The van der Waals surface area contributed by atoms with Crippen LogP contribution in [-0.2, 0) is 5.60 Å². The van der Waals surface area contributed by atoms with Crippen molar-refractivity contribution in [2.45, 2.75) is 51.0 Å². The molecule has 1 fully saturated rings. The van der Waals surface area contributed by atoms with Gasteiger partial charge in [0.2, 0.25) is 0 Å². The average molecular weight is 210 g/mol. The molecule has 0 spiro atoms. The largest absolute Gasteiger partial charge is 0.384 e. The maximum atomic E-state index is 10.5. The minimum Gasteiger partial charge on any atom is -0.384 e. The van der Waals surface area contributed by atoms with Gasteiger partial charge in [-0.1, -0.05) is 25.7 Å². The van der Waals surface area contributed by atoms with E-state index in [1.165, 1.54) is 35.4 Å². The summed E-state index contributed by atoms with van der Waals surface area (Å²) in [5.74, 6) is 0. The summed E-state index contributed by atoms with van der Waals surface area (Å²) >= 11 is 1.75. The van der Waals surface area contributed by atoms with Crippen molar-refractivity contribution < 1.29 is 5.11 Å². The molecule has 14 heavy (non-hydrogen) atoms. The SMILES string of the molecule is Cc1ccc(C2(O)CCCCCC2)s1. The number of aliphatic hydroxyl groups is 1. The molecular formula is C12H18OS. The van der Waals surface area contributed by atoms with Gasteiger partial charge in [0.1, 0.15) is 0 Å². The normalized spacial score (nSPS) is 21.9. The van der Waals surface area contributed by atoms with E-state index in [9.17, 15) is 5.11 Å². The zero-order chi connectivity index (χ0) is 10.0. The van der Waals surface area contributed by atoms with Gasteiger partial charge in [0.15, 0.2) is 0 Å². The molecule has 1 saturated carbocycles. The first-order chi connectivity index (χ1) is 6.71. The lowest BCUT2D eigenvalue weighted by molar-refractivity contribution is 0.0244. The van der Waals surface area contributed by atoms with Crippen molar-refractivity contribution in [2.24, 2.45) is 0 Å². The van der Waals surface area contributed by atoms with Gasteiger partial charge < -0.3 is 5.11 Å². The predicted octanol–water partition coefficient (Wildman–Crippen LogP) is 3.60. The van der Waals surface area contributed by atoms with Crippen molar-refractivity contribution in [2.75, 3.05) is 0 Å². The number of hydrogen-bond acceptors (Lipinski definition) is 2. The van der Waals surface area contributed by atoms with Crippen LogP contribution in [0.2, 0.25) is 0 Å². The molecule has 1 nitrogen and oxygen atoms in total. The second-order valence-electron chi connectivity index (χ2n) is 4.36. The van der Waals surface area contributed by atoms with E-state index in [2.05, 4.69) is 19.1 Å². The predicted molar refractivity (Wildman–Crippen MR) is 60.7 cm³/mol. The van der Waals surface area contributed by atoms with Gasteiger partial charge in [0.05, 0.1) is 5.60 Å². The molecule has 2 rings (SSSR count). The Labute approximate surface area is 89.8 Å². The van der Waals surface area contributed by atoms with Gasteiger partial charge in [-0.15, -0.1) is 11.3 Å². The highest BCUT2D eigenvalue weighted by molar-refractivity contribution is 7.12. The van der Waals surface area contributed by atoms with Gasteiger partial charge in [-0.25, -0.2) is 0 Å². The maximum Gasteiger partial charge on any atom is 0.0987 e. The fourth-order valence-electron chi connectivity index (χ4n) is 2.24. The topological polar surface area (TPSA) is 20.2 Å². The molecule has 0 aromatic carbocycles. The first kappa shape index (κ1) is 10.2. The van der Waals surface area contributed by atoms with Crippen LogP contribution in [0.4, 0.5) is 0 Å². The lowest BCUT2D eigenvalue weighted by Gasteiger charge is -2.25. The minimum absolute atomic E-state index is 0.505. The first-order valence-electron chi connectivity index (χ1n) is 5.50. The fraction of sp³-hybridized carbons (Fsp3) is 0.667. The van der Waals surface area contributed by atoms with E-state index in [-0.39, 0.29) is 0 Å². The molecule has 2 heteroatoms. The van der Waals surface area contributed by atoms with Crippen molar-refractivity contribution in [3.05, 3.63) is 21.9 Å². The number of rotatable bonds is 1. The fourth-order valence-corrected chi connectivity index (χ4v) is 3.26. The van der Waals surface area contributed by atoms with Gasteiger partial charge in [0, 0.05) is 9.75 Å². The van der Waals surface area contributed by atoms with Crippen LogP contribution in [-0.4, -0.2) is 5.11 Å². The van der Waals surface area contributed by atoms with Crippen LogP contribution < -0.4 is 0 Å². The number of hydrogen-bond donors (Lipinski definition) is 1. The Morgan fingerprint density at radius 2 is 1.79 bits per heavy atom. The van der Waals surface area contributed by atoms with Crippen molar-refractivity contribution in [1.82, 2.24) is 0 Å². The zero-order valence-corrected chi connectivity index (χ0v) is 9.57. The van der Waals surface area contributed by atoms with E-state index in [0.29, 0.717) is 0 Å². The molecule has 0 radical (unpaired) electrons. The van der Waals surface area contributed by atoms with Crippen LogP contribution in [0.3, 0.4) is 0 Å². The van der Waals surface area contributed by atoms with Crippen molar-refractivity contribution in [1.29, 1.82) is 0 Å². The monoisotopic (exact) mass is 210 g/mol. The smallest absolute Gasteiger partial charge is 0.0987 e. The molecule has 78 valence electrons. The molecule has 0 unspecified atom stereocenters. The summed E-state index contributed by atoms with van der Waals surface area (Å²) in [6, 6.07) is 4.22. The summed E-state index contributed by atoms with van der Waals surface area (Å²) in [5.41, 5.74) is -0.505. The first-order valence-corrected chi connectivity index (χ1v) is 6.32. The Hall–Kier alpha value is -0.340. The molecule has 1 N–H and O–H groups in total.